The molecule has 2 heterocycles. The summed E-state index contributed by atoms with van der Waals surface area (Å²) in [7, 11) is 0. The van der Waals surface area contributed by atoms with E-state index < -0.39 is 0 Å². The van der Waals surface area contributed by atoms with Crippen molar-refractivity contribution in [2.45, 2.75) is 19.4 Å². The summed E-state index contributed by atoms with van der Waals surface area (Å²) in [5.74, 6) is 0.481. The Morgan fingerprint density at radius 1 is 1.36 bits per heavy atom. The highest BCUT2D eigenvalue weighted by Crippen LogP contribution is 2.08. The summed E-state index contributed by atoms with van der Waals surface area (Å²) in [6.07, 6.45) is 2.62. The summed E-state index contributed by atoms with van der Waals surface area (Å²) >= 11 is 5.06. The van der Waals surface area contributed by atoms with Crippen molar-refractivity contribution in [1.82, 2.24) is 19.7 Å². The molecule has 5 nitrogen and oxygen atoms in total. The van der Waals surface area contributed by atoms with Crippen LogP contribution >= 0.6 is 12.2 Å². The minimum Gasteiger partial charge on any atom is -0.368 e. The third-order valence-electron chi connectivity index (χ3n) is 2.63. The molecule has 1 aromatic heterocycles. The number of aromatic nitrogens is 3. The van der Waals surface area contributed by atoms with E-state index in [1.165, 1.54) is 25.9 Å². The summed E-state index contributed by atoms with van der Waals surface area (Å²) < 4.78 is 2.45. The zero-order chi connectivity index (χ0) is 9.97. The van der Waals surface area contributed by atoms with Crippen LogP contribution in [0, 0.1) is 4.77 Å². The monoisotopic (exact) mass is 213 g/mol. The lowest BCUT2D eigenvalue weighted by Gasteiger charge is -2.14. The predicted molar refractivity (Wildman–Crippen MR) is 57.5 cm³/mol. The zero-order valence-corrected chi connectivity index (χ0v) is 8.89. The molecular formula is C8H15N5S. The van der Waals surface area contributed by atoms with Gasteiger partial charge >= 0.3 is 0 Å². The van der Waals surface area contributed by atoms with Crippen LogP contribution in [0.4, 0.5) is 5.95 Å². The Morgan fingerprint density at radius 3 is 2.64 bits per heavy atom. The first-order valence-corrected chi connectivity index (χ1v) is 5.31. The number of hydrogen-bond acceptors (Lipinski definition) is 4. The average Bonchev–Trinajstić information content (AvgIpc) is 2.76. The summed E-state index contributed by atoms with van der Waals surface area (Å²) in [6, 6.07) is 0. The van der Waals surface area contributed by atoms with Crippen molar-refractivity contribution in [3.8, 4) is 0 Å². The van der Waals surface area contributed by atoms with Crippen LogP contribution in [-0.2, 0) is 6.54 Å². The number of nitrogens with two attached hydrogens (primary N) is 1. The third-order valence-corrected chi connectivity index (χ3v) is 2.94. The van der Waals surface area contributed by atoms with Gasteiger partial charge in [0.15, 0.2) is 4.77 Å². The van der Waals surface area contributed by atoms with Crippen molar-refractivity contribution in [3.63, 3.8) is 0 Å². The molecule has 0 bridgehead atoms. The van der Waals surface area contributed by atoms with Crippen molar-refractivity contribution in [1.29, 1.82) is 0 Å². The Hall–Kier alpha value is -0.880. The van der Waals surface area contributed by atoms with E-state index in [2.05, 4.69) is 15.1 Å². The van der Waals surface area contributed by atoms with Crippen LogP contribution in [0.2, 0.25) is 0 Å². The van der Waals surface area contributed by atoms with Gasteiger partial charge in [0.05, 0.1) is 0 Å². The number of nitrogens with one attached hydrogen (secondary N) is 1. The maximum absolute atomic E-state index is 5.66. The maximum Gasteiger partial charge on any atom is 0.220 e. The molecule has 3 N–H and O–H groups in total. The van der Waals surface area contributed by atoms with Gasteiger partial charge in [0.2, 0.25) is 5.95 Å². The molecule has 78 valence electrons. The molecule has 0 saturated carbocycles. The van der Waals surface area contributed by atoms with Crippen LogP contribution < -0.4 is 5.73 Å². The molecule has 1 fully saturated rings. The summed E-state index contributed by atoms with van der Waals surface area (Å²) in [4.78, 5) is 2.42. The molecule has 2 rings (SSSR count). The molecule has 0 spiro atoms. The normalized spacial score (nSPS) is 17.7. The second-order valence-corrected chi connectivity index (χ2v) is 3.97. The van der Waals surface area contributed by atoms with Gasteiger partial charge in [-0.1, -0.05) is 0 Å². The molecule has 0 amide bonds. The predicted octanol–water partition coefficient (Wildman–Crippen LogP) is 0.619. The fourth-order valence-electron chi connectivity index (χ4n) is 1.79. The Kier molecular flexibility index (Phi) is 2.83. The van der Waals surface area contributed by atoms with Crippen LogP contribution in [0.1, 0.15) is 12.8 Å². The van der Waals surface area contributed by atoms with Gasteiger partial charge < -0.3 is 10.6 Å². The SMILES string of the molecule is Nc1n[nH]c(=S)n1CCN1CCCC1. The number of nitrogen functional groups attached to an aromatic ring is 1. The van der Waals surface area contributed by atoms with Crippen molar-refractivity contribution >= 4 is 18.2 Å². The number of aromatic amines is 1. The molecule has 1 saturated heterocycles. The summed E-state index contributed by atoms with van der Waals surface area (Å²) in [6.45, 7) is 4.25. The van der Waals surface area contributed by atoms with E-state index in [0.29, 0.717) is 10.7 Å². The van der Waals surface area contributed by atoms with Gasteiger partial charge in [0.1, 0.15) is 0 Å². The van der Waals surface area contributed by atoms with Gasteiger partial charge in [-0.2, -0.15) is 0 Å². The lowest BCUT2D eigenvalue weighted by atomic mass is 10.4. The number of rotatable bonds is 3. The first-order chi connectivity index (χ1) is 6.77. The Bertz CT molecular complexity index is 349. The number of nitrogens with zero attached hydrogens (tertiary/aromatic N) is 3. The van der Waals surface area contributed by atoms with Crippen LogP contribution in [0.3, 0.4) is 0 Å². The van der Waals surface area contributed by atoms with E-state index >= 15 is 0 Å². The van der Waals surface area contributed by atoms with Crippen LogP contribution in [0.25, 0.3) is 0 Å². The van der Waals surface area contributed by atoms with Gasteiger partial charge in [-0.05, 0) is 38.1 Å². The van der Waals surface area contributed by atoms with Gasteiger partial charge in [-0.3, -0.25) is 4.57 Å². The smallest absolute Gasteiger partial charge is 0.220 e. The number of hydrogen-bond donors (Lipinski definition) is 2. The molecular weight excluding hydrogens is 198 g/mol. The van der Waals surface area contributed by atoms with Gasteiger partial charge in [-0.15, -0.1) is 5.10 Å². The molecule has 14 heavy (non-hydrogen) atoms. The first kappa shape index (κ1) is 9.67. The summed E-state index contributed by atoms with van der Waals surface area (Å²) in [5.41, 5.74) is 5.66. The van der Waals surface area contributed by atoms with E-state index in [4.69, 9.17) is 18.0 Å². The number of likely N-dealkylation sites (tertiary alicyclic amines) is 1. The van der Waals surface area contributed by atoms with Crippen molar-refractivity contribution in [2.24, 2.45) is 0 Å². The highest BCUT2D eigenvalue weighted by Gasteiger charge is 2.11. The van der Waals surface area contributed by atoms with E-state index in [1.54, 1.807) is 0 Å². The largest absolute Gasteiger partial charge is 0.368 e. The topological polar surface area (TPSA) is 62.9 Å². The maximum atomic E-state index is 5.66. The summed E-state index contributed by atoms with van der Waals surface area (Å²) in [5, 5.41) is 6.55. The Labute approximate surface area is 87.9 Å². The lowest BCUT2D eigenvalue weighted by Crippen LogP contribution is -2.24. The van der Waals surface area contributed by atoms with E-state index in [0.717, 1.165) is 13.1 Å². The minimum atomic E-state index is 0.481. The molecule has 1 aromatic rings. The number of anilines is 1. The van der Waals surface area contributed by atoms with Gasteiger partial charge in [-0.25, -0.2) is 5.10 Å². The van der Waals surface area contributed by atoms with Crippen LogP contribution in [0.5, 0.6) is 0 Å². The lowest BCUT2D eigenvalue weighted by molar-refractivity contribution is 0.322. The van der Waals surface area contributed by atoms with E-state index in [-0.39, 0.29) is 0 Å². The highest BCUT2D eigenvalue weighted by atomic mass is 32.1. The molecule has 0 radical (unpaired) electrons. The minimum absolute atomic E-state index is 0.481. The Balaban J connectivity index is 1.94. The fourth-order valence-corrected chi connectivity index (χ4v) is 2.02. The molecule has 1 aliphatic rings. The van der Waals surface area contributed by atoms with Crippen LogP contribution in [-0.4, -0.2) is 39.3 Å². The second-order valence-electron chi connectivity index (χ2n) is 3.59. The van der Waals surface area contributed by atoms with Crippen molar-refractivity contribution in [3.05, 3.63) is 4.77 Å². The van der Waals surface area contributed by atoms with Gasteiger partial charge in [0, 0.05) is 13.1 Å². The molecule has 0 aromatic carbocycles. The van der Waals surface area contributed by atoms with Gasteiger partial charge in [0.25, 0.3) is 0 Å². The quantitative estimate of drug-likeness (QED) is 0.722. The third kappa shape index (κ3) is 1.96. The van der Waals surface area contributed by atoms with Crippen molar-refractivity contribution < 1.29 is 0 Å². The second kappa shape index (κ2) is 4.10. The zero-order valence-electron chi connectivity index (χ0n) is 8.07. The standard InChI is InChI=1S/C8H15N5S/c9-7-10-11-8(14)13(7)6-5-12-3-1-2-4-12/h1-6H2,(H2,9,10)(H,11,14). The molecule has 6 heteroatoms. The fraction of sp³-hybridized carbons (Fsp3) is 0.750. The number of H-pyrrole nitrogens is 1. The molecule has 1 aliphatic heterocycles. The first-order valence-electron chi connectivity index (χ1n) is 4.90. The molecule has 0 atom stereocenters. The molecule has 0 aliphatic carbocycles. The van der Waals surface area contributed by atoms with E-state index in [1.807, 2.05) is 4.57 Å². The molecule has 0 unspecified atom stereocenters. The Morgan fingerprint density at radius 2 is 2.07 bits per heavy atom. The van der Waals surface area contributed by atoms with E-state index in [9.17, 15) is 0 Å². The highest BCUT2D eigenvalue weighted by molar-refractivity contribution is 7.71. The average molecular weight is 213 g/mol. The van der Waals surface area contributed by atoms with Crippen LogP contribution in [0.15, 0.2) is 0 Å². The van der Waals surface area contributed by atoms with Crippen molar-refractivity contribution in [2.75, 3.05) is 25.4 Å².